The first-order valence-corrected chi connectivity index (χ1v) is 5.94. The summed E-state index contributed by atoms with van der Waals surface area (Å²) in [5, 5.41) is 18.2. The summed E-state index contributed by atoms with van der Waals surface area (Å²) in [5.41, 5.74) is 1.08. The molecule has 3 rings (SSSR count). The second-order valence-electron chi connectivity index (χ2n) is 4.23. The Labute approximate surface area is 114 Å². The molecule has 0 aliphatic rings. The predicted molar refractivity (Wildman–Crippen MR) is 72.1 cm³/mol. The van der Waals surface area contributed by atoms with Crippen molar-refractivity contribution >= 4 is 22.5 Å². The largest absolute Gasteiger partial charge is 0.493 e. The molecule has 0 aliphatic carbocycles. The number of rotatable bonds is 2. The molecule has 0 atom stereocenters. The molecule has 0 unspecified atom stereocenters. The number of carbonyl (C=O) groups is 1. The van der Waals surface area contributed by atoms with Crippen LogP contribution >= 0.6 is 0 Å². The molecular formula is C14H11N3O3. The second kappa shape index (κ2) is 4.65. The van der Waals surface area contributed by atoms with Crippen molar-refractivity contribution in [2.45, 2.75) is 0 Å². The number of azo groups is 1. The molecule has 0 saturated carbocycles. The summed E-state index contributed by atoms with van der Waals surface area (Å²) >= 11 is 0. The van der Waals surface area contributed by atoms with Crippen LogP contribution in [0.1, 0.15) is 10.6 Å². The molecular weight excluding hydrogens is 258 g/mol. The van der Waals surface area contributed by atoms with E-state index in [0.29, 0.717) is 0 Å². The number of carbonyl (C=O) groups excluding carboxylic acids is 1. The van der Waals surface area contributed by atoms with Gasteiger partial charge in [0.1, 0.15) is 0 Å². The SMILES string of the molecule is Cn1c(O)c(N=NC(=O)c2ccco2)c2ccccc21. The lowest BCUT2D eigenvalue weighted by molar-refractivity contribution is 0.0968. The molecule has 100 valence electrons. The van der Waals surface area contributed by atoms with Gasteiger partial charge in [-0.3, -0.25) is 4.79 Å². The zero-order valence-electron chi connectivity index (χ0n) is 10.6. The van der Waals surface area contributed by atoms with Gasteiger partial charge >= 0.3 is 5.91 Å². The monoisotopic (exact) mass is 269 g/mol. The molecule has 1 aromatic carbocycles. The lowest BCUT2D eigenvalue weighted by Crippen LogP contribution is -1.89. The van der Waals surface area contributed by atoms with E-state index in [4.69, 9.17) is 4.42 Å². The Bertz CT molecular complexity index is 801. The maximum absolute atomic E-state index is 11.7. The van der Waals surface area contributed by atoms with E-state index < -0.39 is 5.91 Å². The van der Waals surface area contributed by atoms with Gasteiger partial charge in [0, 0.05) is 12.4 Å². The van der Waals surface area contributed by atoms with Crippen LogP contribution in [0, 0.1) is 0 Å². The number of aromatic nitrogens is 1. The first-order valence-electron chi connectivity index (χ1n) is 5.94. The van der Waals surface area contributed by atoms with E-state index in [1.807, 2.05) is 18.2 Å². The first-order chi connectivity index (χ1) is 9.68. The Balaban J connectivity index is 2.03. The second-order valence-corrected chi connectivity index (χ2v) is 4.23. The van der Waals surface area contributed by atoms with Crippen LogP contribution in [0.25, 0.3) is 10.9 Å². The minimum atomic E-state index is -0.595. The molecule has 6 nitrogen and oxygen atoms in total. The summed E-state index contributed by atoms with van der Waals surface area (Å²) in [6.45, 7) is 0. The maximum Gasteiger partial charge on any atom is 0.331 e. The first kappa shape index (κ1) is 12.2. The van der Waals surface area contributed by atoms with Crippen LogP contribution in [-0.4, -0.2) is 15.6 Å². The number of benzene rings is 1. The molecule has 0 bridgehead atoms. The van der Waals surface area contributed by atoms with Gasteiger partial charge in [-0.05, 0) is 18.2 Å². The molecule has 6 heteroatoms. The fourth-order valence-electron chi connectivity index (χ4n) is 2.00. The lowest BCUT2D eigenvalue weighted by Gasteiger charge is -1.95. The van der Waals surface area contributed by atoms with E-state index in [-0.39, 0.29) is 17.3 Å². The molecule has 1 N–H and O–H groups in total. The number of hydrogen-bond donors (Lipinski definition) is 1. The number of fused-ring (bicyclic) bond motifs is 1. The van der Waals surface area contributed by atoms with Gasteiger partial charge in [-0.1, -0.05) is 18.2 Å². The Kier molecular flexibility index (Phi) is 2.83. The average molecular weight is 269 g/mol. The third kappa shape index (κ3) is 1.87. The van der Waals surface area contributed by atoms with Crippen LogP contribution in [0.2, 0.25) is 0 Å². The minimum Gasteiger partial charge on any atom is -0.493 e. The molecule has 2 aromatic heterocycles. The normalized spacial score (nSPS) is 11.4. The highest BCUT2D eigenvalue weighted by atomic mass is 16.3. The molecule has 0 radical (unpaired) electrons. The molecule has 2 heterocycles. The third-order valence-corrected chi connectivity index (χ3v) is 3.02. The summed E-state index contributed by atoms with van der Waals surface area (Å²) < 4.78 is 6.52. The van der Waals surface area contributed by atoms with Gasteiger partial charge in [-0.2, -0.15) is 0 Å². The molecule has 0 aliphatic heterocycles. The minimum absolute atomic E-state index is 0.0396. The fraction of sp³-hybridized carbons (Fsp3) is 0.0714. The van der Waals surface area contributed by atoms with Crippen LogP contribution in [0.15, 0.2) is 57.3 Å². The molecule has 3 aromatic rings. The topological polar surface area (TPSA) is 80.1 Å². The Hall–Kier alpha value is -2.89. The summed E-state index contributed by atoms with van der Waals surface area (Å²) in [6, 6.07) is 10.4. The molecule has 20 heavy (non-hydrogen) atoms. The smallest absolute Gasteiger partial charge is 0.331 e. The van der Waals surface area contributed by atoms with Gasteiger partial charge in [-0.15, -0.1) is 10.2 Å². The zero-order valence-corrected chi connectivity index (χ0v) is 10.6. The average Bonchev–Trinajstić information content (AvgIpc) is 3.07. The highest BCUT2D eigenvalue weighted by molar-refractivity contribution is 5.96. The van der Waals surface area contributed by atoms with Crippen molar-refractivity contribution in [2.75, 3.05) is 0 Å². The van der Waals surface area contributed by atoms with Crippen molar-refractivity contribution in [3.05, 3.63) is 48.4 Å². The summed E-state index contributed by atoms with van der Waals surface area (Å²) in [7, 11) is 1.71. The van der Waals surface area contributed by atoms with E-state index in [0.717, 1.165) is 10.9 Å². The number of para-hydroxylation sites is 1. The van der Waals surface area contributed by atoms with Crippen LogP contribution in [0.3, 0.4) is 0 Å². The number of nitrogens with zero attached hydrogens (tertiary/aromatic N) is 3. The summed E-state index contributed by atoms with van der Waals surface area (Å²) in [5.74, 6) is -0.530. The standard InChI is InChI=1S/C14H11N3O3/c1-17-10-6-3-2-5-9(10)12(14(17)19)15-16-13(18)11-7-4-8-20-11/h2-8,19H,1H3. The van der Waals surface area contributed by atoms with E-state index in [1.165, 1.54) is 12.3 Å². The van der Waals surface area contributed by atoms with Crippen molar-refractivity contribution in [3.8, 4) is 5.88 Å². The maximum atomic E-state index is 11.7. The highest BCUT2D eigenvalue weighted by Crippen LogP contribution is 2.37. The number of aromatic hydroxyl groups is 1. The number of hydrogen-bond acceptors (Lipinski definition) is 4. The van der Waals surface area contributed by atoms with Crippen LogP contribution in [0.5, 0.6) is 5.88 Å². The van der Waals surface area contributed by atoms with Crippen molar-refractivity contribution in [1.82, 2.24) is 4.57 Å². The molecule has 1 amide bonds. The quantitative estimate of drug-likeness (QED) is 0.724. The fourth-order valence-corrected chi connectivity index (χ4v) is 2.00. The van der Waals surface area contributed by atoms with Gasteiger partial charge in [0.15, 0.2) is 11.4 Å². The Morgan fingerprint density at radius 1 is 1.25 bits per heavy atom. The molecule has 0 saturated heterocycles. The molecule has 0 fully saturated rings. The van der Waals surface area contributed by atoms with Crippen molar-refractivity contribution < 1.29 is 14.3 Å². The van der Waals surface area contributed by atoms with Gasteiger partial charge < -0.3 is 14.1 Å². The van der Waals surface area contributed by atoms with E-state index in [2.05, 4.69) is 10.2 Å². The number of amides is 1. The third-order valence-electron chi connectivity index (χ3n) is 3.02. The van der Waals surface area contributed by atoms with Crippen LogP contribution in [-0.2, 0) is 7.05 Å². The highest BCUT2D eigenvalue weighted by Gasteiger charge is 2.14. The number of aryl methyl sites for hydroxylation is 1. The van der Waals surface area contributed by atoms with Gasteiger partial charge in [0.25, 0.3) is 0 Å². The van der Waals surface area contributed by atoms with Gasteiger partial charge in [0.05, 0.1) is 11.8 Å². The van der Waals surface area contributed by atoms with Gasteiger partial charge in [0.2, 0.25) is 5.88 Å². The Morgan fingerprint density at radius 2 is 2.05 bits per heavy atom. The van der Waals surface area contributed by atoms with E-state index in [1.54, 1.807) is 23.7 Å². The zero-order chi connectivity index (χ0) is 14.1. The predicted octanol–water partition coefficient (Wildman–Crippen LogP) is 3.40. The van der Waals surface area contributed by atoms with Crippen molar-refractivity contribution in [1.29, 1.82) is 0 Å². The van der Waals surface area contributed by atoms with Crippen LogP contribution in [0.4, 0.5) is 5.69 Å². The lowest BCUT2D eigenvalue weighted by atomic mass is 10.2. The van der Waals surface area contributed by atoms with Gasteiger partial charge in [-0.25, -0.2) is 0 Å². The summed E-state index contributed by atoms with van der Waals surface area (Å²) in [6.07, 6.45) is 1.39. The van der Waals surface area contributed by atoms with E-state index in [9.17, 15) is 9.90 Å². The number of furan rings is 1. The summed E-state index contributed by atoms with van der Waals surface area (Å²) in [4.78, 5) is 11.7. The van der Waals surface area contributed by atoms with Crippen LogP contribution < -0.4 is 0 Å². The van der Waals surface area contributed by atoms with Crippen molar-refractivity contribution in [3.63, 3.8) is 0 Å². The van der Waals surface area contributed by atoms with E-state index >= 15 is 0 Å². The Morgan fingerprint density at radius 3 is 2.80 bits per heavy atom. The van der Waals surface area contributed by atoms with Crippen molar-refractivity contribution in [2.24, 2.45) is 17.3 Å². The molecule has 0 spiro atoms.